The van der Waals surface area contributed by atoms with E-state index in [2.05, 4.69) is 0 Å². The molecule has 2 aromatic carbocycles. The first-order valence-electron chi connectivity index (χ1n) is 6.14. The molecule has 0 fully saturated rings. The van der Waals surface area contributed by atoms with Crippen molar-refractivity contribution in [2.24, 2.45) is 0 Å². The molecule has 0 amide bonds. The van der Waals surface area contributed by atoms with E-state index in [0.717, 1.165) is 6.07 Å². The topological polar surface area (TPSA) is 29.5 Å². The van der Waals surface area contributed by atoms with E-state index in [9.17, 15) is 13.9 Å². The average Bonchev–Trinajstić information content (AvgIpc) is 2.42. The molecule has 2 nitrogen and oxygen atoms in total. The monoisotopic (exact) mass is 296 g/mol. The summed E-state index contributed by atoms with van der Waals surface area (Å²) in [6.07, 6.45) is -1.41. The summed E-state index contributed by atoms with van der Waals surface area (Å²) in [5.74, 6) is -1.44. The van der Waals surface area contributed by atoms with Crippen LogP contribution in [0.3, 0.4) is 0 Å². The third-order valence-corrected chi connectivity index (χ3v) is 3.60. The number of aliphatic hydroxyl groups is 1. The van der Waals surface area contributed by atoms with E-state index in [1.165, 1.54) is 12.1 Å². The van der Waals surface area contributed by atoms with E-state index in [4.69, 9.17) is 16.3 Å². The molecule has 2 unspecified atom stereocenters. The van der Waals surface area contributed by atoms with Gasteiger partial charge in [0.2, 0.25) is 0 Å². The van der Waals surface area contributed by atoms with Crippen molar-refractivity contribution in [1.82, 2.24) is 0 Å². The molecule has 0 saturated carbocycles. The lowest BCUT2D eigenvalue weighted by Gasteiger charge is -2.30. The standard InChI is InChI=1S/C15H11ClF2O2/c16-8-4-5-13-10(6-8)12(19)7-14(20-13)9-2-1-3-11(17)15(9)18/h1-6,12,14,19H,7H2. The Bertz CT molecular complexity index is 660. The predicted molar refractivity (Wildman–Crippen MR) is 70.8 cm³/mol. The van der Waals surface area contributed by atoms with Crippen molar-refractivity contribution in [2.75, 3.05) is 0 Å². The van der Waals surface area contributed by atoms with Crippen molar-refractivity contribution in [2.45, 2.75) is 18.6 Å². The highest BCUT2D eigenvalue weighted by Gasteiger charge is 2.30. The molecular formula is C15H11ClF2O2. The van der Waals surface area contributed by atoms with E-state index in [-0.39, 0.29) is 12.0 Å². The van der Waals surface area contributed by atoms with Crippen LogP contribution in [0.1, 0.15) is 29.8 Å². The molecule has 2 atom stereocenters. The smallest absolute Gasteiger partial charge is 0.165 e. The minimum atomic E-state index is -0.942. The average molecular weight is 297 g/mol. The number of rotatable bonds is 1. The Kier molecular flexibility index (Phi) is 3.36. The van der Waals surface area contributed by atoms with E-state index in [1.54, 1.807) is 18.2 Å². The highest BCUT2D eigenvalue weighted by atomic mass is 35.5. The van der Waals surface area contributed by atoms with Gasteiger partial charge in [0.15, 0.2) is 11.6 Å². The second-order valence-electron chi connectivity index (χ2n) is 4.68. The van der Waals surface area contributed by atoms with Gasteiger partial charge in [-0.25, -0.2) is 8.78 Å². The zero-order valence-corrected chi connectivity index (χ0v) is 11.1. The van der Waals surface area contributed by atoms with Crippen molar-refractivity contribution in [3.05, 3.63) is 64.2 Å². The third-order valence-electron chi connectivity index (χ3n) is 3.37. The Morgan fingerprint density at radius 2 is 1.95 bits per heavy atom. The Morgan fingerprint density at radius 1 is 1.15 bits per heavy atom. The van der Waals surface area contributed by atoms with Gasteiger partial charge in [-0.15, -0.1) is 0 Å². The number of benzene rings is 2. The van der Waals surface area contributed by atoms with Gasteiger partial charge in [0.25, 0.3) is 0 Å². The van der Waals surface area contributed by atoms with Gasteiger partial charge in [0, 0.05) is 22.6 Å². The second kappa shape index (κ2) is 5.04. The van der Waals surface area contributed by atoms with Crippen LogP contribution < -0.4 is 4.74 Å². The molecule has 0 spiro atoms. The van der Waals surface area contributed by atoms with Crippen molar-refractivity contribution < 1.29 is 18.6 Å². The van der Waals surface area contributed by atoms with Crippen molar-refractivity contribution in [3.63, 3.8) is 0 Å². The minimum absolute atomic E-state index is 0.102. The number of ether oxygens (including phenoxy) is 1. The first-order chi connectivity index (χ1) is 9.56. The number of halogens is 3. The number of aliphatic hydroxyl groups excluding tert-OH is 1. The summed E-state index contributed by atoms with van der Waals surface area (Å²) in [5.41, 5.74) is 0.662. The number of hydrogen-bond acceptors (Lipinski definition) is 2. The molecule has 1 aliphatic heterocycles. The number of hydrogen-bond donors (Lipinski definition) is 1. The van der Waals surface area contributed by atoms with Gasteiger partial charge in [-0.3, -0.25) is 0 Å². The second-order valence-corrected chi connectivity index (χ2v) is 5.12. The molecule has 20 heavy (non-hydrogen) atoms. The summed E-state index contributed by atoms with van der Waals surface area (Å²) in [7, 11) is 0. The fraction of sp³-hybridized carbons (Fsp3) is 0.200. The minimum Gasteiger partial charge on any atom is -0.485 e. The third kappa shape index (κ3) is 2.25. The summed E-state index contributed by atoms with van der Waals surface area (Å²) in [4.78, 5) is 0. The molecule has 0 aromatic heterocycles. The van der Waals surface area contributed by atoms with Gasteiger partial charge < -0.3 is 9.84 Å². The molecule has 0 radical (unpaired) electrons. The Balaban J connectivity index is 1.99. The molecule has 1 N–H and O–H groups in total. The van der Waals surface area contributed by atoms with Crippen molar-refractivity contribution >= 4 is 11.6 Å². The van der Waals surface area contributed by atoms with Gasteiger partial charge in [-0.2, -0.15) is 0 Å². The Morgan fingerprint density at radius 3 is 2.75 bits per heavy atom. The van der Waals surface area contributed by atoms with Gasteiger partial charge in [-0.05, 0) is 24.3 Å². The SMILES string of the molecule is OC1CC(c2cccc(F)c2F)Oc2ccc(Cl)cc21. The van der Waals surface area contributed by atoms with Crippen LogP contribution in [0.4, 0.5) is 8.78 Å². The molecule has 0 saturated heterocycles. The molecular weight excluding hydrogens is 286 g/mol. The molecule has 5 heteroatoms. The lowest BCUT2D eigenvalue weighted by atomic mass is 9.94. The summed E-state index contributed by atoms with van der Waals surface area (Å²) < 4.78 is 32.7. The molecule has 2 aromatic rings. The van der Waals surface area contributed by atoms with Crippen LogP contribution in [0.5, 0.6) is 5.75 Å². The van der Waals surface area contributed by atoms with Gasteiger partial charge in [0.1, 0.15) is 11.9 Å². The van der Waals surface area contributed by atoms with Crippen LogP contribution in [0.25, 0.3) is 0 Å². The van der Waals surface area contributed by atoms with Gasteiger partial charge in [0.05, 0.1) is 6.10 Å². The van der Waals surface area contributed by atoms with Crippen molar-refractivity contribution in [1.29, 1.82) is 0 Å². The van der Waals surface area contributed by atoms with Gasteiger partial charge in [-0.1, -0.05) is 23.7 Å². The highest BCUT2D eigenvalue weighted by molar-refractivity contribution is 6.30. The summed E-state index contributed by atoms with van der Waals surface area (Å²) >= 11 is 5.87. The molecule has 3 rings (SSSR count). The Labute approximate surface area is 119 Å². The highest BCUT2D eigenvalue weighted by Crippen LogP contribution is 2.42. The zero-order chi connectivity index (χ0) is 14.3. The maximum absolute atomic E-state index is 13.8. The molecule has 0 bridgehead atoms. The van der Waals surface area contributed by atoms with Gasteiger partial charge >= 0.3 is 0 Å². The quantitative estimate of drug-likeness (QED) is 0.855. The van der Waals surface area contributed by atoms with Crippen LogP contribution in [0.2, 0.25) is 5.02 Å². The lowest BCUT2D eigenvalue weighted by Crippen LogP contribution is -2.20. The maximum Gasteiger partial charge on any atom is 0.165 e. The molecule has 0 aliphatic carbocycles. The van der Waals surface area contributed by atoms with E-state index >= 15 is 0 Å². The summed E-state index contributed by atoms with van der Waals surface area (Å²) in [6, 6.07) is 8.77. The van der Waals surface area contributed by atoms with Crippen LogP contribution in [-0.2, 0) is 0 Å². The number of fused-ring (bicyclic) bond motifs is 1. The molecule has 1 aliphatic rings. The van der Waals surface area contributed by atoms with Crippen LogP contribution >= 0.6 is 11.6 Å². The van der Waals surface area contributed by atoms with Crippen LogP contribution in [0.15, 0.2) is 36.4 Å². The van der Waals surface area contributed by atoms with Crippen LogP contribution in [0, 0.1) is 11.6 Å². The predicted octanol–water partition coefficient (Wildman–Crippen LogP) is 4.18. The summed E-state index contributed by atoms with van der Waals surface area (Å²) in [5, 5.41) is 10.6. The lowest BCUT2D eigenvalue weighted by molar-refractivity contribution is 0.0637. The van der Waals surface area contributed by atoms with E-state index < -0.39 is 23.8 Å². The zero-order valence-electron chi connectivity index (χ0n) is 10.3. The fourth-order valence-corrected chi connectivity index (χ4v) is 2.56. The largest absolute Gasteiger partial charge is 0.485 e. The first kappa shape index (κ1) is 13.3. The fourth-order valence-electron chi connectivity index (χ4n) is 2.38. The summed E-state index contributed by atoms with van der Waals surface area (Å²) in [6.45, 7) is 0. The Hall–Kier alpha value is -1.65. The normalized spacial score (nSPS) is 21.2. The van der Waals surface area contributed by atoms with Crippen LogP contribution in [-0.4, -0.2) is 5.11 Å². The van der Waals surface area contributed by atoms with E-state index in [0.29, 0.717) is 16.3 Å². The van der Waals surface area contributed by atoms with Crippen molar-refractivity contribution in [3.8, 4) is 5.75 Å². The van der Waals surface area contributed by atoms with E-state index in [1.807, 2.05) is 0 Å². The first-order valence-corrected chi connectivity index (χ1v) is 6.52. The maximum atomic E-state index is 13.8. The molecule has 1 heterocycles. The molecule has 104 valence electrons.